The number of H-pyrrole nitrogens is 2. The standard InChI is InChI=1S/C6H6N4O3S2/c1-15(12,13)14-6-7-2-3-4(8-6)9-10-5(3)11/h2H,1H3,(H2,7,8,9,10,11). The maximum absolute atomic E-state index is 11.1. The molecule has 15 heavy (non-hydrogen) atoms. The van der Waals surface area contributed by atoms with Crippen molar-refractivity contribution in [2.75, 3.05) is 6.26 Å². The van der Waals surface area contributed by atoms with Gasteiger partial charge in [-0.05, 0) is 0 Å². The molecule has 0 aliphatic rings. The Kier molecular flexibility index (Phi) is 2.27. The van der Waals surface area contributed by atoms with Gasteiger partial charge in [0.2, 0.25) is 14.0 Å². The first-order valence-electron chi connectivity index (χ1n) is 3.78. The lowest BCUT2D eigenvalue weighted by Gasteiger charge is -1.95. The van der Waals surface area contributed by atoms with Crippen LogP contribution in [0.5, 0.6) is 0 Å². The van der Waals surface area contributed by atoms with Crippen molar-refractivity contribution in [3.63, 3.8) is 0 Å². The Morgan fingerprint density at radius 1 is 1.40 bits per heavy atom. The van der Waals surface area contributed by atoms with Crippen molar-refractivity contribution in [2.45, 2.75) is 5.16 Å². The number of nitrogens with zero attached hydrogens (tertiary/aromatic N) is 2. The van der Waals surface area contributed by atoms with E-state index in [9.17, 15) is 13.2 Å². The van der Waals surface area contributed by atoms with E-state index >= 15 is 0 Å². The van der Waals surface area contributed by atoms with Crippen LogP contribution in [0, 0.1) is 0 Å². The van der Waals surface area contributed by atoms with Gasteiger partial charge in [0.15, 0.2) is 5.65 Å². The Labute approximate surface area is 87.6 Å². The van der Waals surface area contributed by atoms with E-state index in [4.69, 9.17) is 0 Å². The average Bonchev–Trinajstić information content (AvgIpc) is 2.45. The van der Waals surface area contributed by atoms with Gasteiger partial charge in [-0.2, -0.15) is 0 Å². The second-order valence-electron chi connectivity index (χ2n) is 2.78. The second kappa shape index (κ2) is 3.35. The molecule has 0 amide bonds. The summed E-state index contributed by atoms with van der Waals surface area (Å²) >= 11 is 0. The van der Waals surface area contributed by atoms with Gasteiger partial charge in [0.1, 0.15) is 5.39 Å². The van der Waals surface area contributed by atoms with Gasteiger partial charge in [0.25, 0.3) is 5.56 Å². The Morgan fingerprint density at radius 3 is 2.80 bits per heavy atom. The SMILES string of the molecule is CS(=O)(=O)Sc1ncc2c(=O)[nH][nH]c2n1. The van der Waals surface area contributed by atoms with Crippen molar-refractivity contribution in [1.82, 2.24) is 20.2 Å². The van der Waals surface area contributed by atoms with E-state index in [-0.39, 0.29) is 10.7 Å². The summed E-state index contributed by atoms with van der Waals surface area (Å²) in [5.74, 6) is 0. The van der Waals surface area contributed by atoms with Crippen molar-refractivity contribution in [2.24, 2.45) is 0 Å². The highest BCUT2D eigenvalue weighted by Crippen LogP contribution is 2.19. The fourth-order valence-corrected chi connectivity index (χ4v) is 2.53. The molecule has 2 rings (SSSR count). The molecule has 0 aromatic carbocycles. The minimum Gasteiger partial charge on any atom is -0.281 e. The van der Waals surface area contributed by atoms with Crippen LogP contribution in [-0.2, 0) is 8.87 Å². The Morgan fingerprint density at radius 2 is 2.13 bits per heavy atom. The number of fused-ring (bicyclic) bond motifs is 1. The fraction of sp³-hybridized carbons (Fsp3) is 0.167. The van der Waals surface area contributed by atoms with Crippen LogP contribution in [0.3, 0.4) is 0 Å². The highest BCUT2D eigenvalue weighted by Gasteiger charge is 2.10. The molecule has 2 N–H and O–H groups in total. The molecule has 80 valence electrons. The normalized spacial score (nSPS) is 12.1. The molecular formula is C6H6N4O3S2. The van der Waals surface area contributed by atoms with E-state index in [2.05, 4.69) is 20.2 Å². The predicted molar refractivity (Wildman–Crippen MR) is 55.2 cm³/mol. The molecule has 0 saturated carbocycles. The first-order valence-corrected chi connectivity index (χ1v) is 7.01. The number of aromatic amines is 2. The molecule has 2 aromatic rings. The third kappa shape index (κ3) is 2.18. The van der Waals surface area contributed by atoms with Crippen LogP contribution in [-0.4, -0.2) is 34.8 Å². The fourth-order valence-electron chi connectivity index (χ4n) is 0.986. The summed E-state index contributed by atoms with van der Waals surface area (Å²) in [4.78, 5) is 18.7. The highest BCUT2D eigenvalue weighted by atomic mass is 33.1. The van der Waals surface area contributed by atoms with Crippen molar-refractivity contribution < 1.29 is 8.42 Å². The predicted octanol–water partition coefficient (Wildman–Crippen LogP) is -0.302. The van der Waals surface area contributed by atoms with E-state index in [1.807, 2.05) is 0 Å². The largest absolute Gasteiger partial charge is 0.281 e. The van der Waals surface area contributed by atoms with E-state index in [1.54, 1.807) is 0 Å². The maximum atomic E-state index is 11.1. The summed E-state index contributed by atoms with van der Waals surface area (Å²) in [6.07, 6.45) is 2.34. The lowest BCUT2D eigenvalue weighted by molar-refractivity contribution is 0.615. The first-order chi connectivity index (χ1) is 6.96. The molecule has 0 spiro atoms. The van der Waals surface area contributed by atoms with Gasteiger partial charge in [0.05, 0.1) is 0 Å². The molecule has 2 heterocycles. The minimum atomic E-state index is -3.25. The summed E-state index contributed by atoms with van der Waals surface area (Å²) in [6.45, 7) is 0. The zero-order valence-electron chi connectivity index (χ0n) is 7.51. The minimum absolute atomic E-state index is 0.0836. The summed E-state index contributed by atoms with van der Waals surface area (Å²) in [6, 6.07) is 0. The molecule has 9 heteroatoms. The summed E-state index contributed by atoms with van der Waals surface area (Å²) in [5, 5.41) is 5.22. The van der Waals surface area contributed by atoms with Crippen LogP contribution in [0.1, 0.15) is 0 Å². The molecule has 0 bridgehead atoms. The Bertz CT molecular complexity index is 656. The number of nitrogens with one attached hydrogen (secondary N) is 2. The van der Waals surface area contributed by atoms with Crippen LogP contribution < -0.4 is 5.56 Å². The van der Waals surface area contributed by atoms with Gasteiger partial charge in [0, 0.05) is 23.2 Å². The molecule has 2 aromatic heterocycles. The lowest BCUT2D eigenvalue weighted by atomic mass is 10.4. The molecule has 0 saturated heterocycles. The van der Waals surface area contributed by atoms with Crippen LogP contribution in [0.25, 0.3) is 11.0 Å². The van der Waals surface area contributed by atoms with E-state index < -0.39 is 8.87 Å². The first kappa shape index (κ1) is 10.2. The molecule has 0 unspecified atom stereocenters. The smallest absolute Gasteiger partial charge is 0.275 e. The van der Waals surface area contributed by atoms with E-state index in [0.717, 1.165) is 6.26 Å². The van der Waals surface area contributed by atoms with Crippen molar-refractivity contribution >= 4 is 30.7 Å². The van der Waals surface area contributed by atoms with Gasteiger partial charge in [-0.15, -0.1) is 0 Å². The van der Waals surface area contributed by atoms with Crippen LogP contribution in [0.2, 0.25) is 0 Å². The second-order valence-corrected chi connectivity index (χ2v) is 7.04. The van der Waals surface area contributed by atoms with Gasteiger partial charge < -0.3 is 0 Å². The molecule has 0 aliphatic carbocycles. The molecule has 0 radical (unpaired) electrons. The van der Waals surface area contributed by atoms with Gasteiger partial charge in [-0.3, -0.25) is 15.0 Å². The third-order valence-electron chi connectivity index (χ3n) is 1.53. The third-order valence-corrected chi connectivity index (χ3v) is 3.54. The Balaban J connectivity index is 2.53. The zero-order valence-corrected chi connectivity index (χ0v) is 9.15. The van der Waals surface area contributed by atoms with Crippen molar-refractivity contribution in [1.29, 1.82) is 0 Å². The molecule has 0 aliphatic heterocycles. The molecule has 0 atom stereocenters. The van der Waals surface area contributed by atoms with Crippen LogP contribution in [0.4, 0.5) is 0 Å². The van der Waals surface area contributed by atoms with Gasteiger partial charge in [-0.1, -0.05) is 0 Å². The zero-order chi connectivity index (χ0) is 11.1. The quantitative estimate of drug-likeness (QED) is 0.556. The van der Waals surface area contributed by atoms with E-state index in [0.29, 0.717) is 21.8 Å². The van der Waals surface area contributed by atoms with Gasteiger partial charge >= 0.3 is 0 Å². The van der Waals surface area contributed by atoms with Crippen LogP contribution >= 0.6 is 10.8 Å². The topological polar surface area (TPSA) is 109 Å². The average molecular weight is 246 g/mol. The van der Waals surface area contributed by atoms with Crippen molar-refractivity contribution in [3.8, 4) is 0 Å². The number of rotatable bonds is 2. The monoisotopic (exact) mass is 246 g/mol. The number of hydrogen-bond donors (Lipinski definition) is 2. The summed E-state index contributed by atoms with van der Waals surface area (Å²) in [7, 11) is -2.71. The maximum Gasteiger partial charge on any atom is 0.275 e. The van der Waals surface area contributed by atoms with Crippen LogP contribution in [0.15, 0.2) is 16.1 Å². The lowest BCUT2D eigenvalue weighted by Crippen LogP contribution is -1.98. The Hall–Kier alpha value is -1.35. The highest BCUT2D eigenvalue weighted by molar-refractivity contribution is 8.71. The molecule has 0 fully saturated rings. The number of hydrogen-bond acceptors (Lipinski definition) is 6. The summed E-state index contributed by atoms with van der Waals surface area (Å²) < 4.78 is 21.9. The van der Waals surface area contributed by atoms with E-state index in [1.165, 1.54) is 6.20 Å². The number of aromatic nitrogens is 4. The molecule has 7 nitrogen and oxygen atoms in total. The molecular weight excluding hydrogens is 240 g/mol. The van der Waals surface area contributed by atoms with Crippen molar-refractivity contribution in [3.05, 3.63) is 16.6 Å². The van der Waals surface area contributed by atoms with Gasteiger partial charge in [-0.25, -0.2) is 18.4 Å². The summed E-state index contributed by atoms with van der Waals surface area (Å²) in [5.41, 5.74) is -0.0398.